The molecule has 0 fully saturated rings. The number of hydrogen-bond acceptors (Lipinski definition) is 12. The second-order valence-corrected chi connectivity index (χ2v) is 26.7. The molecule has 0 aromatic heterocycles. The first-order valence-corrected chi connectivity index (χ1v) is 41.1. The molecule has 0 aliphatic carbocycles. The van der Waals surface area contributed by atoms with Gasteiger partial charge in [0.15, 0.2) is 0 Å². The maximum Gasteiger partial charge on any atom is 2.00 e. The van der Waals surface area contributed by atoms with Gasteiger partial charge in [0, 0.05) is 25.7 Å². The molecule has 0 heterocycles. The van der Waals surface area contributed by atoms with E-state index in [1.54, 1.807) is 0 Å². The molecule has 0 rings (SSSR count). The predicted molar refractivity (Wildman–Crippen MR) is 446 cm³/mol. The minimum absolute atomic E-state index is 0. The summed E-state index contributed by atoms with van der Waals surface area (Å²) in [6, 6.07) is 0. The van der Waals surface area contributed by atoms with Crippen molar-refractivity contribution in [3.63, 3.8) is 0 Å². The maximum absolute atomic E-state index is 11.3. The number of carbonyl (C=O) groups is 4. The van der Waals surface area contributed by atoms with E-state index in [1.165, 1.54) is 283 Å². The molecule has 8 nitrogen and oxygen atoms in total. The predicted octanol–water partition coefficient (Wildman–Crippen LogP) is 25.1. The Hall–Kier alpha value is 0.187. The van der Waals surface area contributed by atoms with E-state index in [4.69, 9.17) is 69.5 Å². The first kappa shape index (κ1) is 116. The Morgan fingerprint density at radius 3 is 0.485 bits per heavy atom. The Kier molecular flexibility index (Phi) is 134. The molecular weight excluding hydrogens is 1510 g/mol. The van der Waals surface area contributed by atoms with Crippen molar-refractivity contribution < 1.29 is 38.1 Å². The van der Waals surface area contributed by atoms with Crippen molar-refractivity contribution in [3.05, 3.63) is 48.6 Å². The molecule has 0 aromatic rings. The number of esters is 4. The van der Waals surface area contributed by atoms with Crippen LogP contribution in [0, 0.1) is 0 Å². The van der Waals surface area contributed by atoms with Gasteiger partial charge in [0.05, 0.1) is 26.4 Å². The van der Waals surface area contributed by atoms with Gasteiger partial charge >= 0.3 is 71.7 Å². The van der Waals surface area contributed by atoms with Crippen molar-refractivity contribution in [3.8, 4) is 0 Å². The van der Waals surface area contributed by atoms with E-state index < -0.39 is 0 Å². The van der Waals surface area contributed by atoms with E-state index in [1.807, 2.05) is 0 Å². The summed E-state index contributed by atoms with van der Waals surface area (Å²) in [4.78, 5) is 45.0. The van der Waals surface area contributed by atoms with Crippen LogP contribution < -0.4 is 0 Å². The van der Waals surface area contributed by atoms with Gasteiger partial charge in [0.2, 0.25) is 0 Å². The van der Waals surface area contributed by atoms with Crippen molar-refractivity contribution in [1.82, 2.24) is 0 Å². The Balaban J connectivity index is -0.000000149. The summed E-state index contributed by atoms with van der Waals surface area (Å²) in [7, 11) is 0. The molecule has 0 unspecified atom stereocenters. The molecule has 15 heteroatoms. The number of rotatable bonds is 68. The topological polar surface area (TPSA) is 105 Å². The fourth-order valence-electron chi connectivity index (χ4n) is 10.3. The third kappa shape index (κ3) is 120. The number of carbonyl (C=O) groups excluding carboxylic acids is 4. The first-order valence-electron chi connectivity index (χ1n) is 38.8. The van der Waals surface area contributed by atoms with Crippen molar-refractivity contribution in [2.75, 3.05) is 49.4 Å². The molecule has 0 bridgehead atoms. The second kappa shape index (κ2) is 112. The van der Waals surface area contributed by atoms with Crippen LogP contribution in [-0.4, -0.2) is 121 Å². The molecule has 0 aliphatic heterocycles. The fraction of sp³-hybridized carbons (Fsp3) is 0.854. The SMILES string of the molecule is C.C.CCCCCC/C=C/CCCCCCCCCC(=O)OCC[S-].CCCCCC/C=C/CCCCCCCCCC(=O)OCC[S-].CCCCCC/C=C/CCCCCCCCCC(=O)OCC[S-].CCCCCC/C=C/CCCCCCCCCC(=O)OCC[S-].S.[Sn+2].[Sn+2]. The second-order valence-electron chi connectivity index (χ2n) is 25.0. The van der Waals surface area contributed by atoms with E-state index in [-0.39, 0.29) is 100 Å². The van der Waals surface area contributed by atoms with Gasteiger partial charge in [-0.2, -0.15) is 13.5 Å². The van der Waals surface area contributed by atoms with Crippen molar-refractivity contribution in [2.24, 2.45) is 0 Å². The Bertz CT molecular complexity index is 1350. The van der Waals surface area contributed by atoms with Crippen LogP contribution in [0.25, 0.3) is 0 Å². The van der Waals surface area contributed by atoms with Crippen LogP contribution in [0.4, 0.5) is 0 Å². The fourth-order valence-corrected chi connectivity index (χ4v) is 10.6. The third-order valence-corrected chi connectivity index (χ3v) is 16.6. The molecule has 0 amide bonds. The molecule has 0 aromatic carbocycles. The summed E-state index contributed by atoms with van der Waals surface area (Å²) in [6.07, 6.45) is 87.2. The minimum atomic E-state index is -0.0867. The van der Waals surface area contributed by atoms with E-state index >= 15 is 0 Å². The number of unbranched alkanes of at least 4 members (excludes halogenated alkanes) is 44. The van der Waals surface area contributed by atoms with Crippen LogP contribution in [-0.2, 0) is 88.6 Å². The molecule has 0 saturated carbocycles. The summed E-state index contributed by atoms with van der Waals surface area (Å²) in [5, 5.41) is 0. The maximum atomic E-state index is 11.3. The average molecular weight is 1670 g/mol. The zero-order valence-corrected chi connectivity index (χ0v) is 72.2. The van der Waals surface area contributed by atoms with E-state index in [0.29, 0.717) is 75.1 Å². The van der Waals surface area contributed by atoms with Gasteiger partial charge in [0.1, 0.15) is 0 Å². The Morgan fingerprint density at radius 1 is 0.227 bits per heavy atom. The van der Waals surface area contributed by atoms with E-state index in [2.05, 4.69) is 76.3 Å². The number of ether oxygens (including phenoxy) is 4. The summed E-state index contributed by atoms with van der Waals surface area (Å²) >= 11 is 19.0. The Morgan fingerprint density at radius 2 is 0.351 bits per heavy atom. The van der Waals surface area contributed by atoms with Crippen molar-refractivity contribution >= 4 is 136 Å². The molecule has 0 atom stereocenters. The largest absolute Gasteiger partial charge is 2.00 e. The monoisotopic (exact) mass is 1670 g/mol. The molecular formula is C82H158O8S5Sn2. The Labute approximate surface area is 668 Å². The zero-order valence-electron chi connectivity index (χ0n) is 62.3. The van der Waals surface area contributed by atoms with Crippen molar-refractivity contribution in [1.29, 1.82) is 0 Å². The van der Waals surface area contributed by atoms with Crippen LogP contribution in [0.15, 0.2) is 48.6 Å². The molecule has 4 radical (unpaired) electrons. The zero-order chi connectivity index (χ0) is 68.0. The van der Waals surface area contributed by atoms with Gasteiger partial charge in [-0.3, -0.25) is 19.2 Å². The summed E-state index contributed by atoms with van der Waals surface area (Å²) < 4.78 is 19.8. The van der Waals surface area contributed by atoms with Gasteiger partial charge < -0.3 is 69.5 Å². The summed E-state index contributed by atoms with van der Waals surface area (Å²) in [5.74, 6) is 1.65. The molecule has 0 N–H and O–H groups in total. The normalized spacial score (nSPS) is 10.6. The van der Waals surface area contributed by atoms with Gasteiger partial charge in [-0.05, 0) is 128 Å². The van der Waals surface area contributed by atoms with Crippen molar-refractivity contribution in [2.45, 2.75) is 402 Å². The summed E-state index contributed by atoms with van der Waals surface area (Å²) in [6.45, 7) is 10.6. The van der Waals surface area contributed by atoms with Gasteiger partial charge in [-0.25, -0.2) is 0 Å². The molecule has 0 aliphatic rings. The van der Waals surface area contributed by atoms with Crippen LogP contribution in [0.1, 0.15) is 402 Å². The smallest absolute Gasteiger partial charge is 0.789 e. The van der Waals surface area contributed by atoms with Gasteiger partial charge in [-0.15, -0.1) is 23.0 Å². The van der Waals surface area contributed by atoms with E-state index in [0.717, 1.165) is 51.4 Å². The minimum Gasteiger partial charge on any atom is -0.789 e. The third-order valence-electron chi connectivity index (χ3n) is 16.0. The van der Waals surface area contributed by atoms with Crippen LogP contribution in [0.2, 0.25) is 0 Å². The summed E-state index contributed by atoms with van der Waals surface area (Å²) in [5.41, 5.74) is 0. The van der Waals surface area contributed by atoms with Gasteiger partial charge in [-0.1, -0.05) is 297 Å². The van der Waals surface area contributed by atoms with Crippen LogP contribution in [0.5, 0.6) is 0 Å². The van der Waals surface area contributed by atoms with Gasteiger partial charge in [0.25, 0.3) is 0 Å². The van der Waals surface area contributed by atoms with Crippen LogP contribution in [0.3, 0.4) is 0 Å². The number of allylic oxidation sites excluding steroid dienone is 8. The standard InChI is InChI=1S/4C20H38O2S.2CH4.H2S.2Sn/c4*1-2-3-4-5-6-7-8-9-10-11-12-13-14-15-16-17-20(21)22-18-19-23;;;;;/h4*7-8,23H,2-6,9-19H2,1H3;2*1H4;1H2;;/q;;;;;;;2*+2/p-4/b4*8-7+;;;;;. The van der Waals surface area contributed by atoms with Crippen LogP contribution >= 0.6 is 13.5 Å². The molecule has 97 heavy (non-hydrogen) atoms. The van der Waals surface area contributed by atoms with E-state index in [9.17, 15) is 19.2 Å². The average Bonchev–Trinajstić information content (AvgIpc) is 3.68. The quantitative estimate of drug-likeness (QED) is 0.0145. The first-order chi connectivity index (χ1) is 45.2. The molecule has 572 valence electrons. The molecule has 0 saturated heterocycles. The molecule has 0 spiro atoms. The number of hydrogen-bond donors (Lipinski definition) is 0.